The summed E-state index contributed by atoms with van der Waals surface area (Å²) in [5.41, 5.74) is 1.67. The molecule has 2 nitrogen and oxygen atoms in total. The number of hydrogen-bond donors (Lipinski definition) is 0. The highest BCUT2D eigenvalue weighted by molar-refractivity contribution is 5.52. The van der Waals surface area contributed by atoms with Crippen LogP contribution in [0.5, 0.6) is 0 Å². The van der Waals surface area contributed by atoms with Crippen molar-refractivity contribution >= 4 is 0 Å². The molecule has 0 amide bonds. The second-order valence-corrected chi connectivity index (χ2v) is 4.93. The van der Waals surface area contributed by atoms with E-state index >= 15 is 0 Å². The largest absolute Gasteiger partial charge is 0.197 e. The van der Waals surface area contributed by atoms with Crippen molar-refractivity contribution in [3.05, 3.63) is 35.4 Å². The summed E-state index contributed by atoms with van der Waals surface area (Å²) in [5.74, 6) is 0. The monoisotopic (exact) mass is 208 g/mol. The van der Waals surface area contributed by atoms with E-state index in [9.17, 15) is 10.5 Å². The normalized spacial score (nSPS) is 22.9. The molecular formula is C14H12N2. The van der Waals surface area contributed by atoms with Gasteiger partial charge in [-0.15, -0.1) is 0 Å². The van der Waals surface area contributed by atoms with Crippen LogP contribution in [-0.4, -0.2) is 0 Å². The van der Waals surface area contributed by atoms with Crippen LogP contribution >= 0.6 is 0 Å². The Morgan fingerprint density at radius 3 is 1.44 bits per heavy atom. The van der Waals surface area contributed by atoms with Crippen LogP contribution in [-0.2, 0) is 10.8 Å². The molecule has 2 aliphatic carbocycles. The van der Waals surface area contributed by atoms with Crippen molar-refractivity contribution < 1.29 is 0 Å². The maximum absolute atomic E-state index is 9.26. The first-order chi connectivity index (χ1) is 7.76. The maximum atomic E-state index is 9.26. The van der Waals surface area contributed by atoms with Gasteiger partial charge in [0.15, 0.2) is 0 Å². The minimum Gasteiger partial charge on any atom is -0.197 e. The summed E-state index contributed by atoms with van der Waals surface area (Å²) in [5, 5.41) is 18.5. The fourth-order valence-electron chi connectivity index (χ4n) is 2.45. The van der Waals surface area contributed by atoms with Gasteiger partial charge < -0.3 is 0 Å². The zero-order valence-corrected chi connectivity index (χ0v) is 9.03. The Morgan fingerprint density at radius 2 is 1.19 bits per heavy atom. The van der Waals surface area contributed by atoms with Gasteiger partial charge in [-0.2, -0.15) is 10.5 Å². The number of benzene rings is 1. The van der Waals surface area contributed by atoms with E-state index in [2.05, 4.69) is 12.1 Å². The van der Waals surface area contributed by atoms with Gasteiger partial charge in [-0.3, -0.25) is 0 Å². The van der Waals surface area contributed by atoms with Gasteiger partial charge in [-0.25, -0.2) is 0 Å². The molecule has 2 aliphatic rings. The van der Waals surface area contributed by atoms with Gasteiger partial charge >= 0.3 is 0 Å². The van der Waals surface area contributed by atoms with Crippen LogP contribution in [0.1, 0.15) is 36.8 Å². The predicted octanol–water partition coefficient (Wildman–Crippen LogP) is 2.80. The molecule has 0 heterocycles. The van der Waals surface area contributed by atoms with Crippen molar-refractivity contribution in [2.45, 2.75) is 36.5 Å². The van der Waals surface area contributed by atoms with E-state index in [0.717, 1.165) is 36.8 Å². The first kappa shape index (κ1) is 9.43. The average molecular weight is 208 g/mol. The molecule has 78 valence electrons. The van der Waals surface area contributed by atoms with E-state index in [4.69, 9.17) is 0 Å². The lowest BCUT2D eigenvalue weighted by atomic mass is 9.85. The Bertz CT molecular complexity index is 473. The highest BCUT2D eigenvalue weighted by atomic mass is 14.6. The van der Waals surface area contributed by atoms with Crippen LogP contribution < -0.4 is 0 Å². The van der Waals surface area contributed by atoms with Crippen LogP contribution in [0.2, 0.25) is 0 Å². The summed E-state index contributed by atoms with van der Waals surface area (Å²) in [6, 6.07) is 12.9. The SMILES string of the molecule is N#CC1(c2ccccc2C2(C#N)CC2)CC1. The Balaban J connectivity index is 2.14. The first-order valence-electron chi connectivity index (χ1n) is 5.69. The third-order valence-electron chi connectivity index (χ3n) is 3.89. The fourth-order valence-corrected chi connectivity index (χ4v) is 2.45. The smallest absolute Gasteiger partial charge is 0.0827 e. The van der Waals surface area contributed by atoms with Crippen LogP contribution in [0.3, 0.4) is 0 Å². The van der Waals surface area contributed by atoms with Gasteiger partial charge in [-0.1, -0.05) is 24.3 Å². The second kappa shape index (κ2) is 2.86. The molecule has 0 radical (unpaired) electrons. The highest BCUT2D eigenvalue weighted by Crippen LogP contribution is 2.55. The summed E-state index contributed by atoms with van der Waals surface area (Å²) in [4.78, 5) is 0. The van der Waals surface area contributed by atoms with Gasteiger partial charge in [0.2, 0.25) is 0 Å². The molecule has 0 saturated heterocycles. The summed E-state index contributed by atoms with van der Waals surface area (Å²) in [7, 11) is 0. The fraction of sp³-hybridized carbons (Fsp3) is 0.429. The lowest BCUT2D eigenvalue weighted by Crippen LogP contribution is -2.13. The predicted molar refractivity (Wildman–Crippen MR) is 59.5 cm³/mol. The second-order valence-electron chi connectivity index (χ2n) is 4.93. The molecule has 1 aromatic rings. The molecule has 0 unspecified atom stereocenters. The number of nitriles is 2. The molecule has 16 heavy (non-hydrogen) atoms. The third-order valence-corrected chi connectivity index (χ3v) is 3.89. The van der Waals surface area contributed by atoms with Crippen molar-refractivity contribution in [1.29, 1.82) is 10.5 Å². The minimum absolute atomic E-state index is 0.275. The molecule has 2 fully saturated rings. The third kappa shape index (κ3) is 1.11. The van der Waals surface area contributed by atoms with Crippen LogP contribution in [0.25, 0.3) is 0 Å². The summed E-state index contributed by atoms with van der Waals surface area (Å²) >= 11 is 0. The Kier molecular flexibility index (Phi) is 1.69. The molecule has 0 bridgehead atoms. The standard InChI is InChI=1S/C14H12N2/c15-9-13(5-6-13)11-3-1-2-4-12(11)14(10-16)7-8-14/h1-4H,5-8H2. The van der Waals surface area contributed by atoms with Crippen molar-refractivity contribution in [3.8, 4) is 12.1 Å². The van der Waals surface area contributed by atoms with E-state index in [0.29, 0.717) is 0 Å². The number of rotatable bonds is 2. The molecule has 2 saturated carbocycles. The summed E-state index contributed by atoms with van der Waals surface area (Å²) in [6.07, 6.45) is 3.79. The average Bonchev–Trinajstić information content (AvgIpc) is 3.24. The van der Waals surface area contributed by atoms with Crippen LogP contribution in [0.15, 0.2) is 24.3 Å². The van der Waals surface area contributed by atoms with E-state index in [1.54, 1.807) is 0 Å². The van der Waals surface area contributed by atoms with Gasteiger partial charge in [0.25, 0.3) is 0 Å². The molecule has 3 rings (SSSR count). The Labute approximate surface area is 95.1 Å². The van der Waals surface area contributed by atoms with Gasteiger partial charge in [0.05, 0.1) is 23.0 Å². The Hall–Kier alpha value is -1.80. The number of nitrogens with zero attached hydrogens (tertiary/aromatic N) is 2. The zero-order valence-electron chi connectivity index (χ0n) is 9.03. The molecule has 0 aliphatic heterocycles. The molecular weight excluding hydrogens is 196 g/mol. The van der Waals surface area contributed by atoms with E-state index < -0.39 is 0 Å². The molecule has 0 atom stereocenters. The Morgan fingerprint density at radius 1 is 0.812 bits per heavy atom. The van der Waals surface area contributed by atoms with Crippen molar-refractivity contribution in [3.63, 3.8) is 0 Å². The summed E-state index contributed by atoms with van der Waals surface area (Å²) in [6.45, 7) is 0. The highest BCUT2D eigenvalue weighted by Gasteiger charge is 2.52. The van der Waals surface area contributed by atoms with Gasteiger partial charge in [0, 0.05) is 0 Å². The van der Waals surface area contributed by atoms with Crippen LogP contribution in [0, 0.1) is 22.7 Å². The lowest BCUT2D eigenvalue weighted by molar-refractivity contribution is 0.821. The molecule has 0 spiro atoms. The van der Waals surface area contributed by atoms with Crippen molar-refractivity contribution in [2.75, 3.05) is 0 Å². The minimum atomic E-state index is -0.275. The van der Waals surface area contributed by atoms with Gasteiger partial charge in [0.1, 0.15) is 0 Å². The summed E-state index contributed by atoms with van der Waals surface area (Å²) < 4.78 is 0. The maximum Gasteiger partial charge on any atom is 0.0827 e. The van der Waals surface area contributed by atoms with Crippen molar-refractivity contribution in [1.82, 2.24) is 0 Å². The number of hydrogen-bond acceptors (Lipinski definition) is 2. The van der Waals surface area contributed by atoms with Crippen LogP contribution in [0.4, 0.5) is 0 Å². The van der Waals surface area contributed by atoms with E-state index in [1.807, 2.05) is 24.3 Å². The first-order valence-corrected chi connectivity index (χ1v) is 5.69. The quantitative estimate of drug-likeness (QED) is 0.750. The zero-order chi connectivity index (χ0) is 11.2. The van der Waals surface area contributed by atoms with E-state index in [-0.39, 0.29) is 10.8 Å². The molecule has 0 N–H and O–H groups in total. The lowest BCUT2D eigenvalue weighted by Gasteiger charge is -2.16. The molecule has 1 aromatic carbocycles. The van der Waals surface area contributed by atoms with E-state index in [1.165, 1.54) is 0 Å². The molecule has 0 aromatic heterocycles. The topological polar surface area (TPSA) is 47.6 Å². The molecule has 2 heteroatoms. The van der Waals surface area contributed by atoms with Crippen molar-refractivity contribution in [2.24, 2.45) is 0 Å². The van der Waals surface area contributed by atoms with Gasteiger partial charge in [-0.05, 0) is 36.8 Å².